The first-order valence-electron chi connectivity index (χ1n) is 14.6. The molecule has 208 valence electrons. The van der Waals surface area contributed by atoms with Crippen LogP contribution in [0.2, 0.25) is 0 Å². The maximum atomic E-state index is 13.5. The fourth-order valence-corrected chi connectivity index (χ4v) is 7.23. The van der Waals surface area contributed by atoms with E-state index in [1.54, 1.807) is 6.07 Å². The second kappa shape index (κ2) is 11.5. The number of nitrogens with two attached hydrogens (primary N) is 1. The number of amides is 3. The number of rotatable bonds is 8. The van der Waals surface area contributed by atoms with Crippen LogP contribution in [0, 0.1) is 5.92 Å². The van der Waals surface area contributed by atoms with Gasteiger partial charge in [0.2, 0.25) is 12.7 Å². The van der Waals surface area contributed by atoms with E-state index in [-0.39, 0.29) is 18.7 Å². The lowest BCUT2D eigenvalue weighted by atomic mass is 9.84. The zero-order chi connectivity index (χ0) is 26.8. The van der Waals surface area contributed by atoms with Crippen LogP contribution in [-0.4, -0.2) is 60.2 Å². The summed E-state index contributed by atoms with van der Waals surface area (Å²) >= 11 is 0. The quantitative estimate of drug-likeness (QED) is 0.478. The average molecular weight is 533 g/mol. The third kappa shape index (κ3) is 5.86. The molecule has 1 aliphatic carbocycles. The Hall–Kier alpha value is -3.26. The summed E-state index contributed by atoms with van der Waals surface area (Å²) in [5.41, 5.74) is 8.09. The molecule has 2 atom stereocenters. The van der Waals surface area contributed by atoms with Gasteiger partial charge in [-0.2, -0.15) is 0 Å². The number of hydrogen-bond donors (Lipinski definition) is 2. The Kier molecular flexibility index (Phi) is 7.64. The van der Waals surface area contributed by atoms with Crippen molar-refractivity contribution in [3.63, 3.8) is 0 Å². The van der Waals surface area contributed by atoms with Crippen molar-refractivity contribution in [1.82, 2.24) is 9.80 Å². The number of nitrogens with one attached hydrogen (secondary N) is 1. The topological polar surface area (TPSA) is 97.1 Å². The van der Waals surface area contributed by atoms with Crippen molar-refractivity contribution in [2.24, 2.45) is 11.7 Å². The number of urea groups is 1. The molecule has 2 aromatic carbocycles. The van der Waals surface area contributed by atoms with Crippen LogP contribution < -0.4 is 20.5 Å². The second-order valence-corrected chi connectivity index (χ2v) is 11.7. The van der Waals surface area contributed by atoms with Gasteiger partial charge in [-0.3, -0.25) is 9.69 Å². The summed E-state index contributed by atoms with van der Waals surface area (Å²) in [6, 6.07) is 14.4. The molecule has 3 fully saturated rings. The van der Waals surface area contributed by atoms with Crippen LogP contribution in [0.1, 0.15) is 79.6 Å². The van der Waals surface area contributed by atoms with Crippen molar-refractivity contribution < 1.29 is 19.1 Å². The largest absolute Gasteiger partial charge is 0.454 e. The molecule has 3 N–H and O–H groups in total. The Morgan fingerprint density at radius 3 is 2.49 bits per heavy atom. The summed E-state index contributed by atoms with van der Waals surface area (Å²) in [4.78, 5) is 29.9. The number of carbonyl (C=O) groups excluding carboxylic acids is 2. The molecular formula is C31H40N4O4. The number of piperidine rings is 1. The highest BCUT2D eigenvalue weighted by molar-refractivity contribution is 5.93. The number of fused-ring (bicyclic) bond motifs is 3. The number of benzene rings is 2. The molecule has 6 rings (SSSR count). The van der Waals surface area contributed by atoms with Crippen molar-refractivity contribution in [2.75, 3.05) is 31.7 Å². The Morgan fingerprint density at radius 1 is 0.949 bits per heavy atom. The highest BCUT2D eigenvalue weighted by atomic mass is 16.7. The summed E-state index contributed by atoms with van der Waals surface area (Å²) in [5, 5.41) is 3.13. The van der Waals surface area contributed by atoms with E-state index in [0.717, 1.165) is 38.2 Å². The number of primary amides is 1. The number of nitrogens with zero attached hydrogens (tertiary/aromatic N) is 2. The molecule has 2 aromatic rings. The van der Waals surface area contributed by atoms with Crippen molar-refractivity contribution in [1.29, 1.82) is 0 Å². The number of hydrogen-bond acceptors (Lipinski definition) is 5. The smallest absolute Gasteiger partial charge is 0.321 e. The highest BCUT2D eigenvalue weighted by Gasteiger charge is 2.41. The van der Waals surface area contributed by atoms with E-state index < -0.39 is 0 Å². The fourth-order valence-electron chi connectivity index (χ4n) is 7.23. The summed E-state index contributed by atoms with van der Waals surface area (Å²) in [6.45, 7) is 2.64. The van der Waals surface area contributed by atoms with E-state index in [9.17, 15) is 9.59 Å². The molecule has 0 radical (unpaired) electrons. The van der Waals surface area contributed by atoms with E-state index in [1.165, 1.54) is 50.5 Å². The van der Waals surface area contributed by atoms with Gasteiger partial charge in [0.15, 0.2) is 11.5 Å². The molecule has 8 heteroatoms. The summed E-state index contributed by atoms with van der Waals surface area (Å²) < 4.78 is 10.9. The molecule has 1 saturated carbocycles. The number of anilines is 1. The molecule has 2 saturated heterocycles. The van der Waals surface area contributed by atoms with Crippen LogP contribution in [-0.2, 0) is 0 Å². The Balaban J connectivity index is 1.11. The Morgan fingerprint density at radius 2 is 1.72 bits per heavy atom. The number of ether oxygens (including phenoxy) is 2. The van der Waals surface area contributed by atoms with Gasteiger partial charge >= 0.3 is 6.03 Å². The third-order valence-corrected chi connectivity index (χ3v) is 9.27. The van der Waals surface area contributed by atoms with Gasteiger partial charge in [-0.05, 0) is 80.2 Å². The van der Waals surface area contributed by atoms with Crippen LogP contribution in [0.5, 0.6) is 11.5 Å². The first-order valence-corrected chi connectivity index (χ1v) is 14.6. The zero-order valence-corrected chi connectivity index (χ0v) is 22.6. The minimum Gasteiger partial charge on any atom is -0.454 e. The van der Waals surface area contributed by atoms with Crippen LogP contribution >= 0.6 is 0 Å². The van der Waals surface area contributed by atoms with Gasteiger partial charge in [0, 0.05) is 49.0 Å². The lowest BCUT2D eigenvalue weighted by Gasteiger charge is -2.40. The minimum absolute atomic E-state index is 0.0371. The fraction of sp³-hybridized carbons (Fsp3) is 0.548. The van der Waals surface area contributed by atoms with Crippen LogP contribution in [0.25, 0.3) is 0 Å². The maximum absolute atomic E-state index is 13.5. The van der Waals surface area contributed by atoms with Gasteiger partial charge in [0.1, 0.15) is 0 Å². The zero-order valence-electron chi connectivity index (χ0n) is 22.6. The van der Waals surface area contributed by atoms with Crippen molar-refractivity contribution in [2.45, 2.75) is 75.8 Å². The van der Waals surface area contributed by atoms with Crippen molar-refractivity contribution in [3.05, 3.63) is 53.6 Å². The Labute approximate surface area is 230 Å². The van der Waals surface area contributed by atoms with Crippen LogP contribution in [0.3, 0.4) is 0 Å². The molecule has 2 unspecified atom stereocenters. The predicted molar refractivity (Wildman–Crippen MR) is 150 cm³/mol. The SMILES string of the molecule is NC(=O)c1cccc(C2CC3CCC(C2)N3CCN(CC2CCCCC2)C(=O)Nc2ccc3c(c2)OCO3)c1. The molecule has 2 bridgehead atoms. The predicted octanol–water partition coefficient (Wildman–Crippen LogP) is 5.34. The lowest BCUT2D eigenvalue weighted by Crippen LogP contribution is -2.48. The standard InChI is InChI=1S/C31H40N4O4/c32-30(36)23-8-4-7-22(15-23)24-16-26-10-11-27(17-24)35(26)14-13-34(19-21-5-2-1-3-6-21)31(37)33-25-9-12-28-29(18-25)39-20-38-28/h4,7-9,12,15,18,21,24,26-27H,1-3,5-6,10-11,13-14,16-17,19-20H2,(H2,32,36)(H,33,37). The molecule has 3 aliphatic heterocycles. The van der Waals surface area contributed by atoms with Gasteiger partial charge in [-0.15, -0.1) is 0 Å². The van der Waals surface area contributed by atoms with Gasteiger partial charge in [0.25, 0.3) is 0 Å². The first-order chi connectivity index (χ1) is 19.0. The maximum Gasteiger partial charge on any atom is 0.321 e. The second-order valence-electron chi connectivity index (χ2n) is 11.7. The van der Waals surface area contributed by atoms with Crippen LogP contribution in [0.15, 0.2) is 42.5 Å². The third-order valence-electron chi connectivity index (χ3n) is 9.27. The molecule has 0 aromatic heterocycles. The molecule has 8 nitrogen and oxygen atoms in total. The molecule has 3 amide bonds. The van der Waals surface area contributed by atoms with E-state index in [4.69, 9.17) is 15.2 Å². The summed E-state index contributed by atoms with van der Waals surface area (Å²) in [6.07, 6.45) is 10.8. The molecule has 4 aliphatic rings. The van der Waals surface area contributed by atoms with E-state index >= 15 is 0 Å². The highest BCUT2D eigenvalue weighted by Crippen LogP contribution is 2.43. The van der Waals surface area contributed by atoms with Gasteiger partial charge < -0.3 is 25.4 Å². The summed E-state index contributed by atoms with van der Waals surface area (Å²) in [5.74, 6) is 2.04. The summed E-state index contributed by atoms with van der Waals surface area (Å²) in [7, 11) is 0. The minimum atomic E-state index is -0.366. The lowest BCUT2D eigenvalue weighted by molar-refractivity contribution is 0.0999. The number of carbonyl (C=O) groups is 2. The van der Waals surface area contributed by atoms with Gasteiger partial charge in [-0.25, -0.2) is 4.79 Å². The van der Waals surface area contributed by atoms with E-state index in [0.29, 0.717) is 41.0 Å². The molecule has 39 heavy (non-hydrogen) atoms. The normalized spacial score (nSPS) is 24.5. The monoisotopic (exact) mass is 532 g/mol. The van der Waals surface area contributed by atoms with Crippen molar-refractivity contribution in [3.8, 4) is 11.5 Å². The molecular weight excluding hydrogens is 492 g/mol. The average Bonchev–Trinajstić information content (AvgIpc) is 3.51. The van der Waals surface area contributed by atoms with Crippen LogP contribution in [0.4, 0.5) is 10.5 Å². The van der Waals surface area contributed by atoms with E-state index in [1.807, 2.05) is 35.2 Å². The van der Waals surface area contributed by atoms with Crippen molar-refractivity contribution >= 4 is 17.6 Å². The van der Waals surface area contributed by atoms with Gasteiger partial charge in [-0.1, -0.05) is 31.4 Å². The molecule has 3 heterocycles. The van der Waals surface area contributed by atoms with E-state index in [2.05, 4.69) is 16.3 Å². The van der Waals surface area contributed by atoms with Gasteiger partial charge in [0.05, 0.1) is 0 Å². The Bertz CT molecular complexity index is 1180. The first kappa shape index (κ1) is 26.0. The molecule has 0 spiro atoms.